The first-order valence-corrected chi connectivity index (χ1v) is 7.63. The van der Waals surface area contributed by atoms with Gasteiger partial charge in [-0.1, -0.05) is 0 Å². The summed E-state index contributed by atoms with van der Waals surface area (Å²) in [5, 5.41) is 0. The van der Waals surface area contributed by atoms with Crippen molar-refractivity contribution in [2.75, 3.05) is 6.61 Å². The molecular formula is C17H19NO2S. The van der Waals surface area contributed by atoms with Gasteiger partial charge in [0.1, 0.15) is 5.75 Å². The number of hydrogen-bond acceptors (Lipinski definition) is 3. The molecule has 0 N–H and O–H groups in total. The molecule has 0 bridgehead atoms. The zero-order valence-electron chi connectivity index (χ0n) is 12.3. The molecule has 4 heteroatoms. The first-order valence-electron chi connectivity index (χ1n) is 7.18. The first kappa shape index (κ1) is 14.3. The summed E-state index contributed by atoms with van der Waals surface area (Å²) in [6, 6.07) is 7.56. The van der Waals surface area contributed by atoms with Gasteiger partial charge in [0.2, 0.25) is 0 Å². The largest absolute Gasteiger partial charge is 0.493 e. The zero-order valence-corrected chi connectivity index (χ0v) is 13.2. The van der Waals surface area contributed by atoms with E-state index in [2.05, 4.69) is 12.6 Å². The molecule has 2 aromatic rings. The Morgan fingerprint density at radius 3 is 2.76 bits per heavy atom. The number of aromatic nitrogens is 1. The Morgan fingerprint density at radius 2 is 2.05 bits per heavy atom. The summed E-state index contributed by atoms with van der Waals surface area (Å²) in [6.07, 6.45) is 4.39. The third-order valence-electron chi connectivity index (χ3n) is 3.86. The van der Waals surface area contributed by atoms with Crippen molar-refractivity contribution in [2.45, 2.75) is 24.7 Å². The van der Waals surface area contributed by atoms with Crippen molar-refractivity contribution in [3.05, 3.63) is 46.4 Å². The van der Waals surface area contributed by atoms with Crippen LogP contribution in [0.15, 0.2) is 40.2 Å². The van der Waals surface area contributed by atoms with E-state index in [9.17, 15) is 4.79 Å². The number of ether oxygens (including phenoxy) is 1. The van der Waals surface area contributed by atoms with Crippen LogP contribution in [0, 0.1) is 12.8 Å². The monoisotopic (exact) mass is 301 g/mol. The molecule has 0 radical (unpaired) electrons. The van der Waals surface area contributed by atoms with E-state index in [4.69, 9.17) is 4.74 Å². The Balaban J connectivity index is 2.04. The van der Waals surface area contributed by atoms with Crippen molar-refractivity contribution in [2.24, 2.45) is 13.0 Å². The average molecular weight is 301 g/mol. The van der Waals surface area contributed by atoms with Gasteiger partial charge in [0.05, 0.1) is 6.61 Å². The molecule has 110 valence electrons. The lowest BCUT2D eigenvalue weighted by Crippen LogP contribution is -2.15. The van der Waals surface area contributed by atoms with Gasteiger partial charge in [-0.05, 0) is 49.4 Å². The molecule has 0 aliphatic heterocycles. The summed E-state index contributed by atoms with van der Waals surface area (Å²) in [5.74, 6) is 1.57. The summed E-state index contributed by atoms with van der Waals surface area (Å²) in [6.45, 7) is 2.72. The molecule has 1 aromatic carbocycles. The summed E-state index contributed by atoms with van der Waals surface area (Å²) >= 11 is 4.43. The predicted octanol–water partition coefficient (Wildman–Crippen LogP) is 3.44. The quantitative estimate of drug-likeness (QED) is 0.877. The second-order valence-electron chi connectivity index (χ2n) is 5.75. The normalized spacial score (nSPS) is 14.2. The minimum absolute atomic E-state index is 0.00118. The summed E-state index contributed by atoms with van der Waals surface area (Å²) < 4.78 is 7.57. The van der Waals surface area contributed by atoms with Gasteiger partial charge in [0.15, 0.2) is 0 Å². The minimum atomic E-state index is -0.00118. The van der Waals surface area contributed by atoms with Crippen molar-refractivity contribution in [3.8, 4) is 16.9 Å². The fourth-order valence-corrected chi connectivity index (χ4v) is 2.56. The second kappa shape index (κ2) is 5.60. The zero-order chi connectivity index (χ0) is 15.0. The van der Waals surface area contributed by atoms with Crippen LogP contribution < -0.4 is 10.3 Å². The van der Waals surface area contributed by atoms with Crippen molar-refractivity contribution < 1.29 is 4.74 Å². The SMILES string of the molecule is Cc1cc(=O)n(C)cc1-c1cc(S)ccc1OCC1CC1. The van der Waals surface area contributed by atoms with Crippen molar-refractivity contribution in [1.29, 1.82) is 0 Å². The maximum Gasteiger partial charge on any atom is 0.250 e. The Kier molecular flexibility index (Phi) is 3.81. The molecule has 1 saturated carbocycles. The highest BCUT2D eigenvalue weighted by atomic mass is 32.1. The first-order chi connectivity index (χ1) is 10.0. The van der Waals surface area contributed by atoms with Gasteiger partial charge in [-0.15, -0.1) is 12.6 Å². The van der Waals surface area contributed by atoms with Crippen LogP contribution in [0.1, 0.15) is 18.4 Å². The predicted molar refractivity (Wildman–Crippen MR) is 87.3 cm³/mol. The van der Waals surface area contributed by atoms with Gasteiger partial charge in [-0.25, -0.2) is 0 Å². The van der Waals surface area contributed by atoms with E-state index in [1.54, 1.807) is 17.7 Å². The molecule has 3 rings (SSSR count). The molecule has 0 atom stereocenters. The number of rotatable bonds is 4. The van der Waals surface area contributed by atoms with E-state index in [-0.39, 0.29) is 5.56 Å². The van der Waals surface area contributed by atoms with E-state index in [1.165, 1.54) is 12.8 Å². The Labute approximate surface area is 130 Å². The van der Waals surface area contributed by atoms with Gasteiger partial charge in [-0.3, -0.25) is 4.79 Å². The molecule has 0 saturated heterocycles. The Morgan fingerprint density at radius 1 is 1.29 bits per heavy atom. The lowest BCUT2D eigenvalue weighted by atomic mass is 10.0. The lowest BCUT2D eigenvalue weighted by Gasteiger charge is -2.14. The van der Waals surface area contributed by atoms with E-state index >= 15 is 0 Å². The van der Waals surface area contributed by atoms with Gasteiger partial charge < -0.3 is 9.30 Å². The minimum Gasteiger partial charge on any atom is -0.493 e. The van der Waals surface area contributed by atoms with E-state index in [0.29, 0.717) is 5.92 Å². The highest BCUT2D eigenvalue weighted by molar-refractivity contribution is 7.80. The maximum absolute atomic E-state index is 11.7. The number of nitrogens with zero attached hydrogens (tertiary/aromatic N) is 1. The summed E-state index contributed by atoms with van der Waals surface area (Å²) in [4.78, 5) is 12.6. The van der Waals surface area contributed by atoms with Crippen molar-refractivity contribution in [3.63, 3.8) is 0 Å². The number of benzene rings is 1. The number of pyridine rings is 1. The third-order valence-corrected chi connectivity index (χ3v) is 4.14. The molecule has 1 heterocycles. The molecule has 0 spiro atoms. The lowest BCUT2D eigenvalue weighted by molar-refractivity contribution is 0.301. The second-order valence-corrected chi connectivity index (χ2v) is 6.27. The van der Waals surface area contributed by atoms with Crippen LogP contribution in [0.5, 0.6) is 5.75 Å². The highest BCUT2D eigenvalue weighted by Gasteiger charge is 2.22. The molecule has 21 heavy (non-hydrogen) atoms. The van der Waals surface area contributed by atoms with Crippen LogP contribution in [0.4, 0.5) is 0 Å². The summed E-state index contributed by atoms with van der Waals surface area (Å²) in [7, 11) is 1.76. The fraction of sp³-hybridized carbons (Fsp3) is 0.353. The smallest absolute Gasteiger partial charge is 0.250 e. The fourth-order valence-electron chi connectivity index (χ4n) is 2.35. The van der Waals surface area contributed by atoms with Crippen LogP contribution in [0.3, 0.4) is 0 Å². The standard InChI is InChI=1S/C17H19NO2S/c1-11-7-17(19)18(2)9-15(11)14-8-13(21)5-6-16(14)20-10-12-3-4-12/h5-9,12,21H,3-4,10H2,1-2H3. The molecule has 1 aliphatic carbocycles. The molecule has 1 fully saturated rings. The van der Waals surface area contributed by atoms with E-state index in [0.717, 1.165) is 33.9 Å². The van der Waals surface area contributed by atoms with Crippen molar-refractivity contribution in [1.82, 2.24) is 4.57 Å². The van der Waals surface area contributed by atoms with Crippen LogP contribution in [-0.4, -0.2) is 11.2 Å². The number of aryl methyl sites for hydroxylation is 2. The van der Waals surface area contributed by atoms with Gasteiger partial charge in [-0.2, -0.15) is 0 Å². The van der Waals surface area contributed by atoms with Gasteiger partial charge >= 0.3 is 0 Å². The van der Waals surface area contributed by atoms with Crippen LogP contribution in [-0.2, 0) is 7.05 Å². The van der Waals surface area contributed by atoms with E-state index in [1.807, 2.05) is 31.3 Å². The molecule has 1 aliphatic rings. The number of thiol groups is 1. The summed E-state index contributed by atoms with van der Waals surface area (Å²) in [5.41, 5.74) is 2.96. The molecular weight excluding hydrogens is 282 g/mol. The topological polar surface area (TPSA) is 31.2 Å². The third kappa shape index (κ3) is 3.16. The van der Waals surface area contributed by atoms with Gasteiger partial charge in [0.25, 0.3) is 5.56 Å². The molecule has 1 aromatic heterocycles. The van der Waals surface area contributed by atoms with Crippen molar-refractivity contribution >= 4 is 12.6 Å². The molecule has 3 nitrogen and oxygen atoms in total. The number of hydrogen-bond donors (Lipinski definition) is 1. The Hall–Kier alpha value is -1.68. The Bertz CT molecular complexity index is 732. The van der Waals surface area contributed by atoms with Crippen LogP contribution in [0.2, 0.25) is 0 Å². The van der Waals surface area contributed by atoms with E-state index < -0.39 is 0 Å². The van der Waals surface area contributed by atoms with Crippen LogP contribution >= 0.6 is 12.6 Å². The molecule has 0 amide bonds. The molecule has 0 unspecified atom stereocenters. The maximum atomic E-state index is 11.7. The highest BCUT2D eigenvalue weighted by Crippen LogP contribution is 2.36. The average Bonchev–Trinajstić information content (AvgIpc) is 3.25. The van der Waals surface area contributed by atoms with Crippen LogP contribution in [0.25, 0.3) is 11.1 Å². The van der Waals surface area contributed by atoms with Gasteiger partial charge in [0, 0.05) is 35.3 Å².